The molecule has 0 atom stereocenters. The maximum Gasteiger partial charge on any atom is 0.204 e. The van der Waals surface area contributed by atoms with E-state index >= 15 is 0 Å². The summed E-state index contributed by atoms with van der Waals surface area (Å²) in [5.41, 5.74) is 1.14. The van der Waals surface area contributed by atoms with Crippen molar-refractivity contribution in [2.75, 3.05) is 13.2 Å². The Labute approximate surface area is 113 Å². The number of ether oxygens (including phenoxy) is 2. The first-order valence-electron chi connectivity index (χ1n) is 6.45. The molecule has 1 rings (SSSR count). The highest BCUT2D eigenvalue weighted by Gasteiger charge is 2.15. The summed E-state index contributed by atoms with van der Waals surface area (Å²) in [7, 11) is 0. The molecule has 106 valence electrons. The summed E-state index contributed by atoms with van der Waals surface area (Å²) >= 11 is 0. The number of halogens is 2. The van der Waals surface area contributed by atoms with E-state index in [1.54, 1.807) is 0 Å². The van der Waals surface area contributed by atoms with E-state index in [0.717, 1.165) is 12.0 Å². The van der Waals surface area contributed by atoms with Crippen molar-refractivity contribution >= 4 is 0 Å². The summed E-state index contributed by atoms with van der Waals surface area (Å²) in [5, 5.41) is 0. The summed E-state index contributed by atoms with van der Waals surface area (Å²) in [6.07, 6.45) is 3.38. The Morgan fingerprint density at radius 1 is 1.11 bits per heavy atom. The lowest BCUT2D eigenvalue weighted by Gasteiger charge is -2.11. The monoisotopic (exact) mass is 270 g/mol. The molecule has 0 aromatic heterocycles. The molecule has 0 radical (unpaired) electrons. The number of benzene rings is 1. The van der Waals surface area contributed by atoms with E-state index in [2.05, 4.69) is 0 Å². The van der Waals surface area contributed by atoms with Crippen molar-refractivity contribution < 1.29 is 18.3 Å². The van der Waals surface area contributed by atoms with Gasteiger partial charge in [-0.2, -0.15) is 8.78 Å². The normalized spacial score (nSPS) is 11.5. The molecule has 0 aliphatic heterocycles. The number of allylic oxidation sites excluding steroid dienone is 1. The lowest BCUT2D eigenvalue weighted by atomic mass is 10.2. The molecular formula is C15H20F2O2. The second kappa shape index (κ2) is 7.77. The molecule has 1 aromatic carbocycles. The van der Waals surface area contributed by atoms with Crippen LogP contribution < -0.4 is 9.47 Å². The highest BCUT2D eigenvalue weighted by molar-refractivity contribution is 5.35. The van der Waals surface area contributed by atoms with Crippen LogP contribution in [-0.4, -0.2) is 13.2 Å². The summed E-state index contributed by atoms with van der Waals surface area (Å²) in [6.45, 7) is 6.46. The van der Waals surface area contributed by atoms with Gasteiger partial charge in [-0.15, -0.1) is 0 Å². The van der Waals surface area contributed by atoms with E-state index in [4.69, 9.17) is 9.47 Å². The number of hydrogen-bond acceptors (Lipinski definition) is 2. The van der Waals surface area contributed by atoms with Gasteiger partial charge >= 0.3 is 0 Å². The van der Waals surface area contributed by atoms with Gasteiger partial charge in [0.15, 0.2) is 11.5 Å². The van der Waals surface area contributed by atoms with Gasteiger partial charge in [-0.1, -0.05) is 18.6 Å². The van der Waals surface area contributed by atoms with Crippen LogP contribution in [0, 0.1) is 11.6 Å². The highest BCUT2D eigenvalue weighted by Crippen LogP contribution is 2.27. The largest absolute Gasteiger partial charge is 0.490 e. The van der Waals surface area contributed by atoms with Gasteiger partial charge in [0.25, 0.3) is 0 Å². The Morgan fingerprint density at radius 3 is 2.11 bits per heavy atom. The molecule has 0 aliphatic carbocycles. The van der Waals surface area contributed by atoms with Crippen LogP contribution in [0.3, 0.4) is 0 Å². The zero-order valence-electron chi connectivity index (χ0n) is 11.6. The van der Waals surface area contributed by atoms with Gasteiger partial charge in [-0.25, -0.2) is 0 Å². The maximum atomic E-state index is 13.7. The third-order valence-electron chi connectivity index (χ3n) is 2.72. The van der Waals surface area contributed by atoms with E-state index in [1.807, 2.05) is 26.8 Å². The molecule has 0 N–H and O–H groups in total. The lowest BCUT2D eigenvalue weighted by Crippen LogP contribution is -2.04. The van der Waals surface area contributed by atoms with Crippen LogP contribution in [0.5, 0.6) is 11.5 Å². The third kappa shape index (κ3) is 4.54. The third-order valence-corrected chi connectivity index (χ3v) is 2.72. The van der Waals surface area contributed by atoms with Crippen molar-refractivity contribution in [1.82, 2.24) is 0 Å². The SMILES string of the molecule is C/C=C(/C)CCOc1ccc(OCCC)c(F)c1F. The fourth-order valence-electron chi connectivity index (χ4n) is 1.42. The molecule has 0 saturated heterocycles. The van der Waals surface area contributed by atoms with Crippen LogP contribution >= 0.6 is 0 Å². The molecule has 0 aliphatic rings. The maximum absolute atomic E-state index is 13.7. The molecule has 0 spiro atoms. The highest BCUT2D eigenvalue weighted by atomic mass is 19.2. The Morgan fingerprint density at radius 2 is 1.63 bits per heavy atom. The smallest absolute Gasteiger partial charge is 0.204 e. The van der Waals surface area contributed by atoms with Crippen molar-refractivity contribution in [2.24, 2.45) is 0 Å². The fourth-order valence-corrected chi connectivity index (χ4v) is 1.42. The Bertz CT molecular complexity index is 442. The number of rotatable bonds is 7. The lowest BCUT2D eigenvalue weighted by molar-refractivity contribution is 0.277. The molecule has 0 heterocycles. The van der Waals surface area contributed by atoms with Crippen molar-refractivity contribution in [3.8, 4) is 11.5 Å². The zero-order valence-corrected chi connectivity index (χ0v) is 11.6. The molecule has 0 fully saturated rings. The molecule has 0 unspecified atom stereocenters. The van der Waals surface area contributed by atoms with Crippen LogP contribution in [0.25, 0.3) is 0 Å². The van der Waals surface area contributed by atoms with Crippen LogP contribution in [0.2, 0.25) is 0 Å². The van der Waals surface area contributed by atoms with Crippen molar-refractivity contribution in [1.29, 1.82) is 0 Å². The van der Waals surface area contributed by atoms with Gasteiger partial charge in [0.2, 0.25) is 11.6 Å². The molecule has 0 amide bonds. The Hall–Kier alpha value is -1.58. The van der Waals surface area contributed by atoms with Crippen molar-refractivity contribution in [3.05, 3.63) is 35.4 Å². The van der Waals surface area contributed by atoms with Gasteiger partial charge in [0, 0.05) is 6.42 Å². The van der Waals surface area contributed by atoms with Crippen LogP contribution in [-0.2, 0) is 0 Å². The minimum Gasteiger partial charge on any atom is -0.490 e. The summed E-state index contributed by atoms with van der Waals surface area (Å²) in [5.74, 6) is -2.14. The molecule has 19 heavy (non-hydrogen) atoms. The van der Waals surface area contributed by atoms with E-state index < -0.39 is 11.6 Å². The van der Waals surface area contributed by atoms with Gasteiger partial charge in [0.1, 0.15) is 0 Å². The van der Waals surface area contributed by atoms with E-state index in [1.165, 1.54) is 12.1 Å². The molecule has 0 bridgehead atoms. The van der Waals surface area contributed by atoms with Crippen LogP contribution in [0.15, 0.2) is 23.8 Å². The molecule has 2 nitrogen and oxygen atoms in total. The fraction of sp³-hybridized carbons (Fsp3) is 0.467. The zero-order chi connectivity index (χ0) is 14.3. The minimum absolute atomic E-state index is 0.0728. The van der Waals surface area contributed by atoms with E-state index in [-0.39, 0.29) is 11.5 Å². The van der Waals surface area contributed by atoms with Gasteiger partial charge in [-0.3, -0.25) is 0 Å². The minimum atomic E-state index is -0.994. The quantitative estimate of drug-likeness (QED) is 0.680. The van der Waals surface area contributed by atoms with Gasteiger partial charge < -0.3 is 9.47 Å². The average molecular weight is 270 g/mol. The van der Waals surface area contributed by atoms with E-state index in [0.29, 0.717) is 19.6 Å². The first kappa shape index (κ1) is 15.5. The Kier molecular flexibility index (Phi) is 6.33. The summed E-state index contributed by atoms with van der Waals surface area (Å²) in [4.78, 5) is 0. The second-order valence-electron chi connectivity index (χ2n) is 4.27. The second-order valence-corrected chi connectivity index (χ2v) is 4.27. The van der Waals surface area contributed by atoms with E-state index in [9.17, 15) is 8.78 Å². The molecule has 4 heteroatoms. The van der Waals surface area contributed by atoms with Gasteiger partial charge in [0.05, 0.1) is 13.2 Å². The molecule has 0 saturated carbocycles. The summed E-state index contributed by atoms with van der Waals surface area (Å²) in [6, 6.07) is 2.79. The average Bonchev–Trinajstić information content (AvgIpc) is 2.42. The first-order valence-corrected chi connectivity index (χ1v) is 6.45. The van der Waals surface area contributed by atoms with Gasteiger partial charge in [-0.05, 0) is 32.4 Å². The van der Waals surface area contributed by atoms with Crippen molar-refractivity contribution in [3.63, 3.8) is 0 Å². The first-order chi connectivity index (χ1) is 9.10. The molecular weight excluding hydrogens is 250 g/mol. The topological polar surface area (TPSA) is 18.5 Å². The standard InChI is InChI=1S/C15H20F2O2/c1-4-9-18-12-6-7-13(15(17)14(12)16)19-10-8-11(3)5-2/h5-7H,4,8-10H2,1-3H3/b11-5-. The van der Waals surface area contributed by atoms with Crippen LogP contribution in [0.1, 0.15) is 33.6 Å². The Balaban J connectivity index is 2.68. The predicted molar refractivity (Wildman–Crippen MR) is 71.7 cm³/mol. The predicted octanol–water partition coefficient (Wildman–Crippen LogP) is 4.49. The number of hydrogen-bond donors (Lipinski definition) is 0. The van der Waals surface area contributed by atoms with Crippen LogP contribution in [0.4, 0.5) is 8.78 Å². The molecule has 1 aromatic rings. The summed E-state index contributed by atoms with van der Waals surface area (Å²) < 4.78 is 37.7. The van der Waals surface area contributed by atoms with Crippen molar-refractivity contribution in [2.45, 2.75) is 33.6 Å².